The second-order valence-corrected chi connectivity index (χ2v) is 7.97. The van der Waals surface area contributed by atoms with E-state index < -0.39 is 52.1 Å². The summed E-state index contributed by atoms with van der Waals surface area (Å²) in [7, 11) is 0. The van der Waals surface area contributed by atoms with E-state index in [1.807, 2.05) is 0 Å². The van der Waals surface area contributed by atoms with Gasteiger partial charge in [0.25, 0.3) is 0 Å². The lowest BCUT2D eigenvalue weighted by Gasteiger charge is -2.15. The van der Waals surface area contributed by atoms with Gasteiger partial charge >= 0.3 is 12.1 Å². The van der Waals surface area contributed by atoms with E-state index in [1.54, 1.807) is 0 Å². The summed E-state index contributed by atoms with van der Waals surface area (Å²) >= 11 is 6.12. The number of esters is 1. The molecule has 8 nitrogen and oxygen atoms in total. The highest BCUT2D eigenvalue weighted by atomic mass is 35.5. The third kappa shape index (κ3) is 4.92. The van der Waals surface area contributed by atoms with Crippen LogP contribution in [0.15, 0.2) is 53.2 Å². The summed E-state index contributed by atoms with van der Waals surface area (Å²) in [6, 6.07) is 9.36. The quantitative estimate of drug-likeness (QED) is 0.235. The van der Waals surface area contributed by atoms with Crippen LogP contribution in [0.4, 0.5) is 23.2 Å². The third-order valence-electron chi connectivity index (χ3n) is 5.10. The highest BCUT2D eigenvalue weighted by molar-refractivity contribution is 6.33. The molecule has 13 heteroatoms. The Bertz CT molecular complexity index is 1480. The first-order valence-corrected chi connectivity index (χ1v) is 11.1. The first-order chi connectivity index (χ1) is 17.5. The molecule has 2 aromatic carbocycles. The Hall–Kier alpha value is -4.19. The summed E-state index contributed by atoms with van der Waals surface area (Å²) in [6.07, 6.45) is -4.20. The van der Waals surface area contributed by atoms with E-state index in [1.165, 1.54) is 50.2 Å². The van der Waals surface area contributed by atoms with Crippen molar-refractivity contribution in [3.8, 4) is 28.3 Å². The topological polar surface area (TPSA) is 99.2 Å². The molecule has 0 spiro atoms. The lowest BCUT2D eigenvalue weighted by Crippen LogP contribution is -2.17. The molecule has 192 valence electrons. The number of hydrogen-bond acceptors (Lipinski definition) is 6. The fourth-order valence-electron chi connectivity index (χ4n) is 3.69. The molecular weight excluding hydrogens is 520 g/mol. The zero-order valence-corrected chi connectivity index (χ0v) is 19.9. The number of ether oxygens (including phenoxy) is 1. The molecule has 0 saturated carbocycles. The maximum Gasteiger partial charge on any atom is 0.434 e. The predicted octanol–water partition coefficient (Wildman–Crippen LogP) is 6.14. The van der Waals surface area contributed by atoms with Crippen molar-refractivity contribution in [2.45, 2.75) is 20.0 Å². The SMILES string of the molecule is CCOC(=O)c1c(-c2c(F)cccc2Cl)noc1-c1cnn(-c2ccccc2NC(C)=O)c1C(F)(F)F. The zero-order valence-electron chi connectivity index (χ0n) is 19.2. The van der Waals surface area contributed by atoms with Crippen molar-refractivity contribution < 1.29 is 36.4 Å². The number of rotatable bonds is 6. The molecule has 0 unspecified atom stereocenters. The molecular formula is C24H17ClF4N4O4. The maximum atomic E-state index is 14.7. The Morgan fingerprint density at radius 2 is 1.89 bits per heavy atom. The van der Waals surface area contributed by atoms with Gasteiger partial charge in [-0.15, -0.1) is 0 Å². The highest BCUT2D eigenvalue weighted by Crippen LogP contribution is 2.43. The number of para-hydroxylation sites is 2. The molecule has 0 bridgehead atoms. The molecule has 2 heterocycles. The molecule has 4 aromatic rings. The van der Waals surface area contributed by atoms with Crippen LogP contribution >= 0.6 is 11.6 Å². The fraction of sp³-hybridized carbons (Fsp3) is 0.167. The summed E-state index contributed by atoms with van der Waals surface area (Å²) in [4.78, 5) is 24.5. The number of nitrogens with one attached hydrogen (secondary N) is 1. The average molecular weight is 537 g/mol. The van der Waals surface area contributed by atoms with Crippen LogP contribution in [0.2, 0.25) is 5.02 Å². The Labute approximate surface area is 211 Å². The first kappa shape index (κ1) is 25.9. The normalized spacial score (nSPS) is 11.4. The number of carbonyl (C=O) groups is 2. The molecule has 37 heavy (non-hydrogen) atoms. The largest absolute Gasteiger partial charge is 0.462 e. The van der Waals surface area contributed by atoms with Gasteiger partial charge < -0.3 is 14.6 Å². The summed E-state index contributed by atoms with van der Waals surface area (Å²) in [5.41, 5.74) is -3.40. The Morgan fingerprint density at radius 3 is 2.54 bits per heavy atom. The van der Waals surface area contributed by atoms with Crippen molar-refractivity contribution in [1.29, 1.82) is 0 Å². The van der Waals surface area contributed by atoms with Crippen LogP contribution in [0.3, 0.4) is 0 Å². The van der Waals surface area contributed by atoms with Crippen LogP contribution < -0.4 is 5.32 Å². The monoisotopic (exact) mass is 536 g/mol. The highest BCUT2D eigenvalue weighted by Gasteiger charge is 2.42. The van der Waals surface area contributed by atoms with Gasteiger partial charge in [-0.1, -0.05) is 35.0 Å². The minimum Gasteiger partial charge on any atom is -0.462 e. The number of amides is 1. The van der Waals surface area contributed by atoms with Crippen LogP contribution in [0.1, 0.15) is 29.9 Å². The fourth-order valence-corrected chi connectivity index (χ4v) is 3.94. The number of aromatic nitrogens is 3. The Morgan fingerprint density at radius 1 is 1.16 bits per heavy atom. The van der Waals surface area contributed by atoms with Crippen LogP contribution in [0.5, 0.6) is 0 Å². The molecule has 0 aliphatic rings. The molecule has 0 atom stereocenters. The smallest absolute Gasteiger partial charge is 0.434 e. The molecule has 0 radical (unpaired) electrons. The maximum absolute atomic E-state index is 14.7. The second kappa shape index (κ2) is 10.1. The van der Waals surface area contributed by atoms with Gasteiger partial charge in [-0.2, -0.15) is 18.3 Å². The predicted molar refractivity (Wildman–Crippen MR) is 125 cm³/mol. The first-order valence-electron chi connectivity index (χ1n) is 10.7. The number of anilines is 1. The molecule has 0 aliphatic carbocycles. The third-order valence-corrected chi connectivity index (χ3v) is 5.41. The molecule has 1 N–H and O–H groups in total. The number of halogens is 5. The van der Waals surface area contributed by atoms with Crippen molar-refractivity contribution in [2.24, 2.45) is 0 Å². The molecule has 2 aromatic heterocycles. The van der Waals surface area contributed by atoms with Crippen molar-refractivity contribution >= 4 is 29.2 Å². The van der Waals surface area contributed by atoms with Crippen LogP contribution in [-0.2, 0) is 15.7 Å². The van der Waals surface area contributed by atoms with Gasteiger partial charge in [0.15, 0.2) is 11.5 Å². The number of benzene rings is 2. The number of nitrogens with zero attached hydrogens (tertiary/aromatic N) is 3. The van der Waals surface area contributed by atoms with Crippen LogP contribution in [-0.4, -0.2) is 33.4 Å². The van der Waals surface area contributed by atoms with Gasteiger partial charge in [0, 0.05) is 6.92 Å². The zero-order chi connectivity index (χ0) is 26.9. The molecule has 0 saturated heterocycles. The summed E-state index contributed by atoms with van der Waals surface area (Å²) in [6.45, 7) is 2.55. The van der Waals surface area contributed by atoms with Crippen LogP contribution in [0, 0.1) is 5.82 Å². The number of carbonyl (C=O) groups excluding carboxylic acids is 2. The summed E-state index contributed by atoms with van der Waals surface area (Å²) in [5.74, 6) is -3.15. The van der Waals surface area contributed by atoms with Crippen molar-refractivity contribution in [2.75, 3.05) is 11.9 Å². The van der Waals surface area contributed by atoms with Gasteiger partial charge in [0.1, 0.15) is 17.1 Å². The minimum atomic E-state index is -5.02. The van der Waals surface area contributed by atoms with E-state index in [4.69, 9.17) is 20.9 Å². The summed E-state index contributed by atoms with van der Waals surface area (Å²) in [5, 5.41) is 9.85. The van der Waals surface area contributed by atoms with Crippen molar-refractivity contribution in [3.63, 3.8) is 0 Å². The van der Waals surface area contributed by atoms with E-state index in [9.17, 15) is 27.2 Å². The Balaban J connectivity index is 2.01. The second-order valence-electron chi connectivity index (χ2n) is 7.57. The van der Waals surface area contributed by atoms with Gasteiger partial charge in [0.2, 0.25) is 5.91 Å². The summed E-state index contributed by atoms with van der Waals surface area (Å²) < 4.78 is 68.7. The number of alkyl halides is 3. The minimum absolute atomic E-state index is 0.0529. The molecule has 1 amide bonds. The lowest BCUT2D eigenvalue weighted by molar-refractivity contribution is -0.142. The van der Waals surface area contributed by atoms with E-state index >= 15 is 0 Å². The molecule has 0 fully saturated rings. The standard InChI is InChI=1S/C24H17ClF4N4O4/c1-3-36-23(35)19-20(18-14(25)7-6-8-15(18)26)32-37-21(19)13-11-30-33(22(13)24(27,28)29)17-10-5-4-9-16(17)31-12(2)34/h4-11H,3H2,1-2H3,(H,31,34). The van der Waals surface area contributed by atoms with Gasteiger partial charge in [-0.25, -0.2) is 13.9 Å². The van der Waals surface area contributed by atoms with Gasteiger partial charge in [-0.05, 0) is 31.2 Å². The number of hydrogen-bond donors (Lipinski definition) is 1. The van der Waals surface area contributed by atoms with Crippen molar-refractivity contribution in [1.82, 2.24) is 14.9 Å². The van der Waals surface area contributed by atoms with Crippen molar-refractivity contribution in [3.05, 3.63) is 70.8 Å². The lowest BCUT2D eigenvalue weighted by atomic mass is 10.0. The van der Waals surface area contributed by atoms with Gasteiger partial charge in [-0.3, -0.25) is 4.79 Å². The van der Waals surface area contributed by atoms with E-state index in [0.29, 0.717) is 4.68 Å². The van der Waals surface area contributed by atoms with Gasteiger partial charge in [0.05, 0.1) is 40.3 Å². The Kier molecular flexibility index (Phi) is 7.03. The van der Waals surface area contributed by atoms with Crippen LogP contribution in [0.25, 0.3) is 28.3 Å². The average Bonchev–Trinajstić information content (AvgIpc) is 3.44. The molecule has 0 aliphatic heterocycles. The van der Waals surface area contributed by atoms with E-state index in [2.05, 4.69) is 15.6 Å². The molecule has 4 rings (SSSR count). The van der Waals surface area contributed by atoms with E-state index in [0.717, 1.165) is 12.3 Å². The van der Waals surface area contributed by atoms with E-state index in [-0.39, 0.29) is 28.6 Å².